The monoisotopic (exact) mass is 366 g/mol. The van der Waals surface area contributed by atoms with E-state index in [1.54, 1.807) is 24.3 Å². The van der Waals surface area contributed by atoms with E-state index < -0.39 is 0 Å². The molecule has 1 aliphatic rings. The maximum atomic E-state index is 6.10. The fraction of sp³-hybridized carbons (Fsp3) is 0.190. The van der Waals surface area contributed by atoms with Crippen LogP contribution in [-0.4, -0.2) is 4.98 Å². The van der Waals surface area contributed by atoms with Crippen molar-refractivity contribution in [2.24, 2.45) is 0 Å². The number of allylic oxidation sites excluding steroid dienone is 4. The zero-order chi connectivity index (χ0) is 17.3. The lowest BCUT2D eigenvalue weighted by Gasteiger charge is -2.05. The molecule has 1 aromatic carbocycles. The van der Waals surface area contributed by atoms with Crippen molar-refractivity contribution >= 4 is 23.5 Å². The molecule has 0 aliphatic heterocycles. The molecule has 2 aromatic rings. The van der Waals surface area contributed by atoms with Gasteiger partial charge >= 0.3 is 0 Å². The maximum Gasteiger partial charge on any atom is 0.0634 e. The first kappa shape index (κ1) is 17.8. The van der Waals surface area contributed by atoms with Gasteiger partial charge in [0.25, 0.3) is 0 Å². The van der Waals surface area contributed by atoms with Gasteiger partial charge in [0.2, 0.25) is 0 Å². The molecule has 25 heavy (non-hydrogen) atoms. The third kappa shape index (κ3) is 5.79. The Morgan fingerprint density at radius 3 is 2.84 bits per heavy atom. The van der Waals surface area contributed by atoms with Crippen LogP contribution in [0.5, 0.6) is 0 Å². The van der Waals surface area contributed by atoms with Crippen molar-refractivity contribution in [1.82, 2.24) is 9.71 Å². The third-order valence-corrected chi connectivity index (χ3v) is 4.89. The van der Waals surface area contributed by atoms with Crippen LogP contribution in [0.15, 0.2) is 71.4 Å². The minimum atomic E-state index is 0.683. The van der Waals surface area contributed by atoms with Crippen molar-refractivity contribution < 1.29 is 0 Å². The van der Waals surface area contributed by atoms with Gasteiger partial charge in [0, 0.05) is 35.0 Å². The summed E-state index contributed by atoms with van der Waals surface area (Å²) < 4.78 is 3.32. The van der Waals surface area contributed by atoms with Crippen molar-refractivity contribution in [3.05, 3.63) is 82.7 Å². The Kier molecular flexibility index (Phi) is 6.76. The van der Waals surface area contributed by atoms with E-state index in [0.717, 1.165) is 34.4 Å². The quantitative estimate of drug-likeness (QED) is 0.567. The zero-order valence-corrected chi connectivity index (χ0v) is 15.4. The average molecular weight is 367 g/mol. The molecule has 0 atom stereocenters. The van der Waals surface area contributed by atoms with Gasteiger partial charge in [-0.15, -0.1) is 0 Å². The molecule has 0 fully saturated rings. The second kappa shape index (κ2) is 9.48. The first-order chi connectivity index (χ1) is 12.3. The minimum absolute atomic E-state index is 0.683. The van der Waals surface area contributed by atoms with Gasteiger partial charge in [-0.1, -0.05) is 41.7 Å². The number of nitrogens with zero attached hydrogens (tertiary/aromatic N) is 1. The average Bonchev–Trinajstić information content (AvgIpc) is 2.91. The summed E-state index contributed by atoms with van der Waals surface area (Å²) in [6, 6.07) is 10.2. The molecule has 1 N–H and O–H groups in total. The minimum Gasteiger partial charge on any atom is -0.263 e. The molecule has 0 saturated heterocycles. The second-order valence-electron chi connectivity index (χ2n) is 5.66. The van der Waals surface area contributed by atoms with Gasteiger partial charge in [-0.05, 0) is 67.1 Å². The molecule has 4 heteroatoms. The molecule has 0 radical (unpaired) electrons. The summed E-state index contributed by atoms with van der Waals surface area (Å²) in [5.74, 6) is 6.48. The molecule has 1 aliphatic carbocycles. The molecule has 1 heterocycles. The molecular formula is C21H19ClN2S. The summed E-state index contributed by atoms with van der Waals surface area (Å²) in [6.45, 7) is 0.689. The molecule has 126 valence electrons. The summed E-state index contributed by atoms with van der Waals surface area (Å²) in [7, 11) is 0. The lowest BCUT2D eigenvalue weighted by atomic mass is 10.2. The van der Waals surface area contributed by atoms with E-state index >= 15 is 0 Å². The Morgan fingerprint density at radius 1 is 1.12 bits per heavy atom. The Bertz CT molecular complexity index is 829. The molecule has 0 bridgehead atoms. The standard InChI is InChI=1S/C21H19ClN2S/c22-21-16-23-14-13-19(21)15-24-25-20-11-9-18(10-12-20)8-7-17-5-3-1-2-4-6-17/h3,5-6,9-14,16,24H,1-2,4,15H2. The van der Waals surface area contributed by atoms with Gasteiger partial charge in [0.1, 0.15) is 0 Å². The molecular weight excluding hydrogens is 348 g/mol. The first-order valence-corrected chi connectivity index (χ1v) is 9.47. The van der Waals surface area contributed by atoms with Gasteiger partial charge in [-0.3, -0.25) is 9.71 Å². The molecule has 0 saturated carbocycles. The number of rotatable bonds is 4. The highest BCUT2D eigenvalue weighted by Crippen LogP contribution is 2.18. The fourth-order valence-electron chi connectivity index (χ4n) is 2.36. The topological polar surface area (TPSA) is 24.9 Å². The van der Waals surface area contributed by atoms with Crippen LogP contribution >= 0.6 is 23.5 Å². The van der Waals surface area contributed by atoms with Gasteiger partial charge in [0.05, 0.1) is 5.02 Å². The van der Waals surface area contributed by atoms with Gasteiger partial charge in [-0.25, -0.2) is 0 Å². The van der Waals surface area contributed by atoms with Gasteiger partial charge in [-0.2, -0.15) is 0 Å². The van der Waals surface area contributed by atoms with Gasteiger partial charge in [0.15, 0.2) is 0 Å². The third-order valence-electron chi connectivity index (χ3n) is 3.75. The van der Waals surface area contributed by atoms with E-state index in [2.05, 4.69) is 64.0 Å². The van der Waals surface area contributed by atoms with Crippen molar-refractivity contribution in [3.63, 3.8) is 0 Å². The summed E-state index contributed by atoms with van der Waals surface area (Å²) in [5, 5.41) is 0.683. The highest BCUT2D eigenvalue weighted by atomic mass is 35.5. The van der Waals surface area contributed by atoms with Crippen molar-refractivity contribution in [1.29, 1.82) is 0 Å². The first-order valence-electron chi connectivity index (χ1n) is 8.28. The smallest absolute Gasteiger partial charge is 0.0634 e. The number of benzene rings is 1. The molecule has 2 nitrogen and oxygen atoms in total. The molecule has 0 unspecified atom stereocenters. The predicted molar refractivity (Wildman–Crippen MR) is 106 cm³/mol. The van der Waals surface area contributed by atoms with Crippen LogP contribution in [0.2, 0.25) is 5.02 Å². The largest absolute Gasteiger partial charge is 0.263 e. The lowest BCUT2D eigenvalue weighted by molar-refractivity contribution is 0.875. The SMILES string of the molecule is Clc1cnccc1CNSc1ccc(C#CC2=CCCCC=C2)cc1. The Hall–Kier alpha value is -1.99. The van der Waals surface area contributed by atoms with Crippen molar-refractivity contribution in [3.8, 4) is 11.8 Å². The predicted octanol–water partition coefficient (Wildman–Crippen LogP) is 5.55. The number of nitrogens with one attached hydrogen (secondary N) is 1. The normalized spacial score (nSPS) is 13.6. The van der Waals surface area contributed by atoms with Crippen molar-refractivity contribution in [2.75, 3.05) is 0 Å². The van der Waals surface area contributed by atoms with Crippen LogP contribution < -0.4 is 4.72 Å². The van der Waals surface area contributed by atoms with E-state index in [1.807, 2.05) is 6.07 Å². The summed E-state index contributed by atoms with van der Waals surface area (Å²) in [5.41, 5.74) is 3.18. The van der Waals surface area contributed by atoms with E-state index in [9.17, 15) is 0 Å². The Balaban J connectivity index is 1.54. The number of pyridine rings is 1. The molecule has 0 amide bonds. The highest BCUT2D eigenvalue weighted by Gasteiger charge is 2.00. The fourth-order valence-corrected chi connectivity index (χ4v) is 3.21. The number of aromatic nitrogens is 1. The van der Waals surface area contributed by atoms with Crippen LogP contribution in [0.3, 0.4) is 0 Å². The van der Waals surface area contributed by atoms with Crippen LogP contribution in [-0.2, 0) is 6.54 Å². The second-order valence-corrected chi connectivity index (χ2v) is 7.03. The van der Waals surface area contributed by atoms with Crippen LogP contribution in [0, 0.1) is 11.8 Å². The zero-order valence-electron chi connectivity index (χ0n) is 13.8. The number of halogens is 1. The summed E-state index contributed by atoms with van der Waals surface area (Å²) >= 11 is 7.68. The molecule has 3 rings (SSSR count). The van der Waals surface area contributed by atoms with E-state index in [1.165, 1.54) is 6.42 Å². The van der Waals surface area contributed by atoms with Crippen LogP contribution in [0.1, 0.15) is 30.4 Å². The van der Waals surface area contributed by atoms with Crippen molar-refractivity contribution in [2.45, 2.75) is 30.7 Å². The van der Waals surface area contributed by atoms with E-state index in [0.29, 0.717) is 11.6 Å². The highest BCUT2D eigenvalue weighted by molar-refractivity contribution is 7.97. The van der Waals surface area contributed by atoms with E-state index in [-0.39, 0.29) is 0 Å². The Morgan fingerprint density at radius 2 is 2.00 bits per heavy atom. The van der Waals surface area contributed by atoms with E-state index in [4.69, 9.17) is 11.6 Å². The van der Waals surface area contributed by atoms with Crippen LogP contribution in [0.25, 0.3) is 0 Å². The van der Waals surface area contributed by atoms with Gasteiger partial charge < -0.3 is 0 Å². The summed E-state index contributed by atoms with van der Waals surface area (Å²) in [6.07, 6.45) is 13.4. The Labute approximate surface area is 158 Å². The number of hydrogen-bond acceptors (Lipinski definition) is 3. The number of hydrogen-bond donors (Lipinski definition) is 1. The lowest BCUT2D eigenvalue weighted by Crippen LogP contribution is -2.03. The summed E-state index contributed by atoms with van der Waals surface area (Å²) in [4.78, 5) is 5.13. The van der Waals surface area contributed by atoms with Crippen LogP contribution in [0.4, 0.5) is 0 Å². The maximum absolute atomic E-state index is 6.10. The molecule has 1 aromatic heterocycles. The molecule has 0 spiro atoms.